The third-order valence-corrected chi connectivity index (χ3v) is 6.98. The van der Waals surface area contributed by atoms with E-state index in [2.05, 4.69) is 10.2 Å². The van der Waals surface area contributed by atoms with Crippen molar-refractivity contribution in [3.8, 4) is 0 Å². The first-order valence-electron chi connectivity index (χ1n) is 8.28. The molecule has 3 aromatic rings. The molecule has 0 aromatic carbocycles. The summed E-state index contributed by atoms with van der Waals surface area (Å²) in [4.78, 5) is 39.0. The van der Waals surface area contributed by atoms with Crippen LogP contribution in [0.2, 0.25) is 0 Å². The van der Waals surface area contributed by atoms with E-state index >= 15 is 0 Å². The van der Waals surface area contributed by atoms with Crippen molar-refractivity contribution >= 4 is 38.2 Å². The normalized spacial score (nSPS) is 18.5. The minimum Gasteiger partial charge on any atom is -0.467 e. The van der Waals surface area contributed by atoms with Crippen LogP contribution in [0.4, 0.5) is 24.1 Å². The highest BCUT2D eigenvalue weighted by Gasteiger charge is 2.69. The number of amides is 1. The van der Waals surface area contributed by atoms with Gasteiger partial charge in [0.1, 0.15) is 11.6 Å². The molecule has 0 radical (unpaired) electrons. The van der Waals surface area contributed by atoms with E-state index < -0.39 is 61.2 Å². The van der Waals surface area contributed by atoms with Gasteiger partial charge in [-0.25, -0.2) is 13.2 Å². The lowest BCUT2D eigenvalue weighted by Crippen LogP contribution is -2.61. The zero-order valence-corrected chi connectivity index (χ0v) is 16.9. The number of aromatic nitrogens is 4. The maximum absolute atomic E-state index is 14.3. The van der Waals surface area contributed by atoms with Gasteiger partial charge < -0.3 is 15.5 Å². The quantitative estimate of drug-likeness (QED) is 0.355. The molecule has 32 heavy (non-hydrogen) atoms. The third-order valence-electron chi connectivity index (χ3n) is 4.41. The molecule has 0 bridgehead atoms. The molecule has 3 aromatic heterocycles. The molecule has 170 valence electrons. The monoisotopic (exact) mass is 493 g/mol. The molecule has 0 fully saturated rings. The van der Waals surface area contributed by atoms with Crippen molar-refractivity contribution in [2.24, 2.45) is 0 Å². The Balaban J connectivity index is 1.96. The highest BCUT2D eigenvalue weighted by atomic mass is 32.2. The third kappa shape index (κ3) is 3.19. The summed E-state index contributed by atoms with van der Waals surface area (Å²) in [6.45, 7) is -0.473. The largest absolute Gasteiger partial charge is 0.467 e. The Morgan fingerprint density at radius 1 is 1.28 bits per heavy atom. The lowest BCUT2D eigenvalue weighted by Gasteiger charge is -2.29. The number of nitrogens with two attached hydrogens (primary N) is 1. The number of hydrogen-bond donors (Lipinski definition) is 4. The summed E-state index contributed by atoms with van der Waals surface area (Å²) in [6.07, 6.45) is -4.43. The number of H-pyrrole nitrogens is 1. The van der Waals surface area contributed by atoms with Gasteiger partial charge in [0.25, 0.3) is 21.5 Å². The lowest BCUT2D eigenvalue weighted by atomic mass is 9.94. The molecule has 0 saturated carbocycles. The first kappa shape index (κ1) is 21.7. The van der Waals surface area contributed by atoms with Crippen LogP contribution < -0.4 is 27.0 Å². The van der Waals surface area contributed by atoms with Gasteiger partial charge in [-0.15, -0.1) is 10.2 Å². The second-order valence-corrected chi connectivity index (χ2v) is 9.23. The standard InChI is InChI=1S/C14H10F3N7O6S2/c15-14(16,17)13(23-32(28,29)12-22-21-10(18)31-12)6-7(19-9(13)26)24(11(27)20-8(6)25)4-5-2-1-3-30-5/h1-3,23H,4H2,(H2,18,21)(H,19,26)(H,20,25,27). The van der Waals surface area contributed by atoms with E-state index in [1.165, 1.54) is 23.1 Å². The fraction of sp³-hybridized carbons (Fsp3) is 0.214. The van der Waals surface area contributed by atoms with Crippen LogP contribution in [0.15, 0.2) is 36.7 Å². The first-order chi connectivity index (χ1) is 14.9. The number of nitrogens with zero attached hydrogens (tertiary/aromatic N) is 3. The Labute approximate surface area is 178 Å². The Bertz CT molecular complexity index is 1440. The van der Waals surface area contributed by atoms with E-state index in [0.717, 1.165) is 0 Å². The van der Waals surface area contributed by atoms with Crippen molar-refractivity contribution < 1.29 is 30.8 Å². The number of carbonyl (C=O) groups is 1. The fourth-order valence-electron chi connectivity index (χ4n) is 3.07. The topological polar surface area (TPSA) is 195 Å². The number of halogens is 3. The maximum atomic E-state index is 14.3. The van der Waals surface area contributed by atoms with Crippen molar-refractivity contribution in [2.75, 3.05) is 11.1 Å². The molecule has 1 unspecified atom stereocenters. The van der Waals surface area contributed by atoms with Gasteiger partial charge in [-0.05, 0) is 12.1 Å². The Kier molecular flexibility index (Phi) is 4.75. The number of rotatable bonds is 5. The molecule has 1 aliphatic rings. The summed E-state index contributed by atoms with van der Waals surface area (Å²) in [7, 11) is -5.15. The van der Waals surface area contributed by atoms with Crippen LogP contribution in [-0.2, 0) is 26.9 Å². The molecule has 5 N–H and O–H groups in total. The van der Waals surface area contributed by atoms with E-state index in [4.69, 9.17) is 10.2 Å². The van der Waals surface area contributed by atoms with Crippen LogP contribution in [0.1, 0.15) is 11.3 Å². The van der Waals surface area contributed by atoms with Gasteiger partial charge in [-0.2, -0.15) is 17.9 Å². The molecular formula is C14H10F3N7O6S2. The van der Waals surface area contributed by atoms with E-state index in [1.807, 2.05) is 0 Å². The number of nitrogen functional groups attached to an aromatic ring is 1. The van der Waals surface area contributed by atoms with E-state index in [0.29, 0.717) is 4.57 Å². The summed E-state index contributed by atoms with van der Waals surface area (Å²) in [5.74, 6) is -2.70. The van der Waals surface area contributed by atoms with E-state index in [1.54, 1.807) is 10.3 Å². The summed E-state index contributed by atoms with van der Waals surface area (Å²) in [5, 5.41) is 7.81. The summed E-state index contributed by atoms with van der Waals surface area (Å²) in [5.41, 5.74) is -2.96. The minimum absolute atomic E-state index is 0.102. The molecule has 1 amide bonds. The highest BCUT2D eigenvalue weighted by molar-refractivity contribution is 7.91. The molecular weight excluding hydrogens is 483 g/mol. The van der Waals surface area contributed by atoms with Crippen LogP contribution in [0.3, 0.4) is 0 Å². The van der Waals surface area contributed by atoms with Crippen LogP contribution in [0, 0.1) is 0 Å². The predicted octanol–water partition coefficient (Wildman–Crippen LogP) is -0.700. The van der Waals surface area contributed by atoms with Crippen LogP contribution in [0.25, 0.3) is 0 Å². The van der Waals surface area contributed by atoms with E-state index in [-0.39, 0.29) is 22.2 Å². The molecule has 0 saturated heterocycles. The SMILES string of the molecule is Nc1nnc(S(=O)(=O)NC2(C(F)(F)F)C(=O)Nc3c2c(=O)[nH]c(=O)n3Cc2ccco2)s1. The van der Waals surface area contributed by atoms with Gasteiger partial charge in [0, 0.05) is 0 Å². The van der Waals surface area contributed by atoms with Crippen LogP contribution in [0.5, 0.6) is 0 Å². The average Bonchev–Trinajstić information content (AvgIpc) is 3.39. The average molecular weight is 493 g/mol. The molecule has 18 heteroatoms. The zero-order valence-electron chi connectivity index (χ0n) is 15.3. The van der Waals surface area contributed by atoms with Gasteiger partial charge in [-0.3, -0.25) is 19.1 Å². The second-order valence-electron chi connectivity index (χ2n) is 6.36. The first-order valence-corrected chi connectivity index (χ1v) is 10.6. The Hall–Kier alpha value is -3.51. The smallest absolute Gasteiger partial charge is 0.421 e. The molecule has 4 heterocycles. The molecule has 0 aliphatic carbocycles. The molecule has 13 nitrogen and oxygen atoms in total. The van der Waals surface area contributed by atoms with Gasteiger partial charge in [0.15, 0.2) is 0 Å². The zero-order chi connectivity index (χ0) is 23.5. The number of anilines is 2. The second kappa shape index (κ2) is 7.00. The molecule has 0 spiro atoms. The number of nitrogens with one attached hydrogen (secondary N) is 3. The van der Waals surface area contributed by atoms with Gasteiger partial charge in [0.05, 0.1) is 18.4 Å². The summed E-state index contributed by atoms with van der Waals surface area (Å²) < 4.78 is 73.9. The number of furan rings is 1. The van der Waals surface area contributed by atoms with Gasteiger partial charge in [-0.1, -0.05) is 11.3 Å². The van der Waals surface area contributed by atoms with Gasteiger partial charge >= 0.3 is 11.9 Å². The van der Waals surface area contributed by atoms with Crippen molar-refractivity contribution in [1.82, 2.24) is 24.5 Å². The van der Waals surface area contributed by atoms with Crippen LogP contribution in [-0.4, -0.2) is 40.2 Å². The Morgan fingerprint density at radius 3 is 2.56 bits per heavy atom. The van der Waals surface area contributed by atoms with Crippen molar-refractivity contribution in [3.63, 3.8) is 0 Å². The van der Waals surface area contributed by atoms with Crippen molar-refractivity contribution in [1.29, 1.82) is 0 Å². The molecule has 1 atom stereocenters. The number of hydrogen-bond acceptors (Lipinski definition) is 10. The Morgan fingerprint density at radius 2 is 2.00 bits per heavy atom. The number of fused-ring (bicyclic) bond motifs is 1. The van der Waals surface area contributed by atoms with E-state index in [9.17, 15) is 36.0 Å². The van der Waals surface area contributed by atoms with Crippen LogP contribution >= 0.6 is 11.3 Å². The molecule has 1 aliphatic heterocycles. The number of aromatic amines is 1. The molecule has 4 rings (SSSR count). The number of carbonyl (C=O) groups excluding carboxylic acids is 1. The predicted molar refractivity (Wildman–Crippen MR) is 100 cm³/mol. The summed E-state index contributed by atoms with van der Waals surface area (Å²) in [6, 6.07) is 2.83. The van der Waals surface area contributed by atoms with Crippen molar-refractivity contribution in [3.05, 3.63) is 50.6 Å². The minimum atomic E-state index is -5.66. The number of sulfonamides is 1. The number of alkyl halides is 3. The highest BCUT2D eigenvalue weighted by Crippen LogP contribution is 2.46. The fourth-order valence-corrected chi connectivity index (χ4v) is 5.18. The van der Waals surface area contributed by atoms with Crippen molar-refractivity contribution in [2.45, 2.75) is 22.6 Å². The maximum Gasteiger partial charge on any atom is 0.421 e. The summed E-state index contributed by atoms with van der Waals surface area (Å²) >= 11 is 0.235. The lowest BCUT2D eigenvalue weighted by molar-refractivity contribution is -0.194. The van der Waals surface area contributed by atoms with Gasteiger partial charge in [0.2, 0.25) is 15.0 Å².